The van der Waals surface area contributed by atoms with Gasteiger partial charge in [-0.15, -0.1) is 24.8 Å². The zero-order chi connectivity index (χ0) is 16.1. The number of benzene rings is 1. The number of anilines is 1. The summed E-state index contributed by atoms with van der Waals surface area (Å²) in [5.74, 6) is 0.761. The Morgan fingerprint density at radius 2 is 1.68 bits per heavy atom. The molecule has 3 rings (SSSR count). The molecule has 0 bridgehead atoms. The number of carbonyl (C=O) groups excluding carboxylic acids is 1. The molecular weight excluding hydrogens is 357 g/mol. The molecule has 4 nitrogen and oxygen atoms in total. The van der Waals surface area contributed by atoms with Crippen LogP contribution in [0.25, 0.3) is 0 Å². The Morgan fingerprint density at radius 1 is 1.08 bits per heavy atom. The zero-order valence-electron chi connectivity index (χ0n) is 15.0. The van der Waals surface area contributed by atoms with Crippen molar-refractivity contribution in [3.8, 4) is 0 Å². The fourth-order valence-corrected chi connectivity index (χ4v) is 4.16. The van der Waals surface area contributed by atoms with Gasteiger partial charge in [0.15, 0.2) is 0 Å². The molecule has 1 saturated carbocycles. The number of nitrogens with one attached hydrogen (secondary N) is 2. The molecule has 1 aliphatic carbocycles. The largest absolute Gasteiger partial charge is 0.326 e. The summed E-state index contributed by atoms with van der Waals surface area (Å²) >= 11 is 0. The molecule has 0 radical (unpaired) electrons. The molecule has 25 heavy (non-hydrogen) atoms. The van der Waals surface area contributed by atoms with E-state index in [1.54, 1.807) is 6.92 Å². The number of piperazine rings is 1. The van der Waals surface area contributed by atoms with Crippen molar-refractivity contribution in [3.05, 3.63) is 29.8 Å². The lowest BCUT2D eigenvalue weighted by Crippen LogP contribution is -2.47. The van der Waals surface area contributed by atoms with E-state index in [4.69, 9.17) is 0 Å². The van der Waals surface area contributed by atoms with Gasteiger partial charge in [0.2, 0.25) is 5.91 Å². The van der Waals surface area contributed by atoms with Gasteiger partial charge in [0.25, 0.3) is 0 Å². The van der Waals surface area contributed by atoms with E-state index in [1.165, 1.54) is 37.7 Å². The van der Waals surface area contributed by atoms with E-state index in [9.17, 15) is 4.79 Å². The van der Waals surface area contributed by atoms with Crippen molar-refractivity contribution < 1.29 is 4.79 Å². The van der Waals surface area contributed by atoms with Gasteiger partial charge in [0.1, 0.15) is 0 Å². The number of rotatable bonds is 4. The zero-order valence-corrected chi connectivity index (χ0v) is 16.6. The van der Waals surface area contributed by atoms with Crippen molar-refractivity contribution in [2.45, 2.75) is 45.1 Å². The van der Waals surface area contributed by atoms with Crippen molar-refractivity contribution in [1.82, 2.24) is 10.2 Å². The van der Waals surface area contributed by atoms with Gasteiger partial charge >= 0.3 is 0 Å². The highest BCUT2D eigenvalue weighted by Crippen LogP contribution is 2.38. The quantitative estimate of drug-likeness (QED) is 0.819. The predicted octanol–water partition coefficient (Wildman–Crippen LogP) is 4.02. The lowest BCUT2D eigenvalue weighted by atomic mass is 9.80. The summed E-state index contributed by atoms with van der Waals surface area (Å²) in [5.41, 5.74) is 2.30. The molecule has 0 spiro atoms. The van der Waals surface area contributed by atoms with E-state index in [1.807, 2.05) is 0 Å². The highest BCUT2D eigenvalue weighted by atomic mass is 35.5. The van der Waals surface area contributed by atoms with Crippen LogP contribution in [0.2, 0.25) is 0 Å². The topological polar surface area (TPSA) is 44.4 Å². The van der Waals surface area contributed by atoms with Gasteiger partial charge in [0, 0.05) is 44.8 Å². The van der Waals surface area contributed by atoms with E-state index >= 15 is 0 Å². The fourth-order valence-electron chi connectivity index (χ4n) is 4.16. The lowest BCUT2D eigenvalue weighted by Gasteiger charge is -2.41. The van der Waals surface area contributed by atoms with Crippen LogP contribution in [0.5, 0.6) is 0 Å². The molecule has 0 aromatic heterocycles. The highest BCUT2D eigenvalue weighted by molar-refractivity contribution is 5.88. The molecule has 2 N–H and O–H groups in total. The van der Waals surface area contributed by atoms with Crippen molar-refractivity contribution in [3.63, 3.8) is 0 Å². The normalized spacial score (nSPS) is 20.0. The highest BCUT2D eigenvalue weighted by Gasteiger charge is 2.30. The third kappa shape index (κ3) is 6.14. The molecule has 0 unspecified atom stereocenters. The molecule has 1 aliphatic heterocycles. The standard InChI is InChI=1S/C19H29N3O.2ClH/c1-15(23)21-18-9-7-17(8-10-18)19(16-5-3-2-4-6-16)22-13-11-20-12-14-22;;/h7-10,16,19-20H,2-6,11-14H2,1H3,(H,21,23);2*1H/t19-;;/m0../s1. The Labute approximate surface area is 163 Å². The van der Waals surface area contributed by atoms with Gasteiger partial charge in [-0.05, 0) is 36.5 Å². The SMILES string of the molecule is CC(=O)Nc1ccc([C@H](C2CCCCC2)N2CCNCC2)cc1.Cl.Cl. The first-order valence-corrected chi connectivity index (χ1v) is 9.06. The average Bonchev–Trinajstić information content (AvgIpc) is 2.58. The van der Waals surface area contributed by atoms with Crippen LogP contribution in [0.1, 0.15) is 50.6 Å². The third-order valence-corrected chi connectivity index (χ3v) is 5.21. The molecule has 1 heterocycles. The maximum Gasteiger partial charge on any atom is 0.221 e. The van der Waals surface area contributed by atoms with Gasteiger partial charge in [-0.3, -0.25) is 9.69 Å². The van der Waals surface area contributed by atoms with Gasteiger partial charge < -0.3 is 10.6 Å². The molecule has 1 atom stereocenters. The van der Waals surface area contributed by atoms with Gasteiger partial charge in [-0.25, -0.2) is 0 Å². The number of nitrogens with zero attached hydrogens (tertiary/aromatic N) is 1. The Balaban J connectivity index is 0.00000156. The van der Waals surface area contributed by atoms with Crippen molar-refractivity contribution >= 4 is 36.4 Å². The second-order valence-corrected chi connectivity index (χ2v) is 6.93. The number of amides is 1. The minimum absolute atomic E-state index is 0. The minimum atomic E-state index is -0.0105. The summed E-state index contributed by atoms with van der Waals surface area (Å²) in [6.45, 7) is 6.00. The van der Waals surface area contributed by atoms with Crippen LogP contribution in [0, 0.1) is 5.92 Å². The molecule has 6 heteroatoms. The van der Waals surface area contributed by atoms with E-state index in [0.717, 1.165) is 37.8 Å². The molecule has 1 saturated heterocycles. The van der Waals surface area contributed by atoms with Crippen LogP contribution in [0.4, 0.5) is 5.69 Å². The van der Waals surface area contributed by atoms with Gasteiger partial charge in [-0.2, -0.15) is 0 Å². The van der Waals surface area contributed by atoms with Gasteiger partial charge in [-0.1, -0.05) is 31.4 Å². The molecule has 142 valence electrons. The molecule has 2 fully saturated rings. The number of halogens is 2. The number of hydrogen-bond donors (Lipinski definition) is 2. The predicted molar refractivity (Wildman–Crippen MR) is 109 cm³/mol. The van der Waals surface area contributed by atoms with Crippen LogP contribution in [-0.2, 0) is 4.79 Å². The van der Waals surface area contributed by atoms with Crippen molar-refractivity contribution in [2.24, 2.45) is 5.92 Å². The first kappa shape index (κ1) is 22.2. The molecule has 1 amide bonds. The van der Waals surface area contributed by atoms with Crippen LogP contribution >= 0.6 is 24.8 Å². The summed E-state index contributed by atoms with van der Waals surface area (Å²) in [6, 6.07) is 9.06. The summed E-state index contributed by atoms with van der Waals surface area (Å²) in [6.07, 6.45) is 6.84. The average molecular weight is 388 g/mol. The molecule has 2 aliphatic rings. The molecular formula is C19H31Cl2N3O. The smallest absolute Gasteiger partial charge is 0.221 e. The molecule has 1 aromatic rings. The minimum Gasteiger partial charge on any atom is -0.326 e. The lowest BCUT2D eigenvalue weighted by molar-refractivity contribution is -0.114. The van der Waals surface area contributed by atoms with Crippen LogP contribution in [0.15, 0.2) is 24.3 Å². The van der Waals surface area contributed by atoms with Crippen LogP contribution in [-0.4, -0.2) is 37.0 Å². The summed E-state index contributed by atoms with van der Waals surface area (Å²) < 4.78 is 0. The van der Waals surface area contributed by atoms with E-state index in [-0.39, 0.29) is 30.7 Å². The summed E-state index contributed by atoms with van der Waals surface area (Å²) in [7, 11) is 0. The monoisotopic (exact) mass is 387 g/mol. The first-order valence-electron chi connectivity index (χ1n) is 9.06. The second kappa shape index (κ2) is 11.0. The molecule has 1 aromatic carbocycles. The Kier molecular flexibility index (Phi) is 9.80. The number of hydrogen-bond acceptors (Lipinski definition) is 3. The Hall–Kier alpha value is -0.810. The van der Waals surface area contributed by atoms with E-state index in [2.05, 4.69) is 39.8 Å². The number of carbonyl (C=O) groups is 1. The maximum atomic E-state index is 11.2. The maximum absolute atomic E-state index is 11.2. The first-order chi connectivity index (χ1) is 11.2. The van der Waals surface area contributed by atoms with Crippen molar-refractivity contribution in [1.29, 1.82) is 0 Å². The van der Waals surface area contributed by atoms with E-state index < -0.39 is 0 Å². The van der Waals surface area contributed by atoms with Crippen molar-refractivity contribution in [2.75, 3.05) is 31.5 Å². The Morgan fingerprint density at radius 3 is 2.24 bits per heavy atom. The van der Waals surface area contributed by atoms with Gasteiger partial charge in [0.05, 0.1) is 0 Å². The fraction of sp³-hybridized carbons (Fsp3) is 0.632. The van der Waals surface area contributed by atoms with Crippen LogP contribution in [0.3, 0.4) is 0 Å². The summed E-state index contributed by atoms with van der Waals surface area (Å²) in [5, 5.41) is 6.33. The summed E-state index contributed by atoms with van der Waals surface area (Å²) in [4.78, 5) is 13.9. The second-order valence-electron chi connectivity index (χ2n) is 6.93. The Bertz CT molecular complexity index is 494. The third-order valence-electron chi connectivity index (χ3n) is 5.21. The van der Waals surface area contributed by atoms with Crippen LogP contribution < -0.4 is 10.6 Å². The van der Waals surface area contributed by atoms with E-state index in [0.29, 0.717) is 6.04 Å².